The molecule has 0 N–H and O–H groups in total. The molecular formula is C84H58N4. The lowest BCUT2D eigenvalue weighted by molar-refractivity contribution is 0.660. The fourth-order valence-corrected chi connectivity index (χ4v) is 16.5. The molecule has 0 aliphatic heterocycles. The maximum Gasteiger partial charge on any atom is 0.0634 e. The van der Waals surface area contributed by atoms with Crippen molar-refractivity contribution in [3.8, 4) is 44.5 Å². The van der Waals surface area contributed by atoms with Crippen LogP contribution in [0.1, 0.15) is 49.9 Å². The highest BCUT2D eigenvalue weighted by Crippen LogP contribution is 2.57. The summed E-state index contributed by atoms with van der Waals surface area (Å²) in [6, 6.07) is 105. The average molecular weight is 1120 g/mol. The molecule has 0 bridgehead atoms. The number of nitrogens with zero attached hydrogens (tertiary/aromatic N) is 4. The van der Waals surface area contributed by atoms with Gasteiger partial charge in [-0.2, -0.15) is 0 Å². The van der Waals surface area contributed by atoms with Gasteiger partial charge in [-0.1, -0.05) is 222 Å². The molecule has 0 saturated heterocycles. The Labute approximate surface area is 510 Å². The maximum absolute atomic E-state index is 2.63. The third-order valence-corrected chi connectivity index (χ3v) is 20.3. The molecule has 17 aromatic rings. The Bertz CT molecular complexity index is 5380. The molecular weight excluding hydrogens is 1060 g/mol. The van der Waals surface area contributed by atoms with E-state index >= 15 is 0 Å². The lowest BCUT2D eigenvalue weighted by Gasteiger charge is -2.27. The van der Waals surface area contributed by atoms with Crippen LogP contribution in [-0.4, -0.2) is 8.80 Å². The number of benzene rings is 13. The molecule has 0 saturated carbocycles. The second kappa shape index (κ2) is 17.8. The van der Waals surface area contributed by atoms with E-state index in [2.05, 4.69) is 325 Å². The van der Waals surface area contributed by atoms with Crippen LogP contribution in [0.25, 0.3) is 121 Å². The van der Waals surface area contributed by atoms with Gasteiger partial charge in [-0.05, 0) is 141 Å². The first-order valence-electron chi connectivity index (χ1n) is 30.9. The standard InChI is InChI=1S/C84H58N4/c1-83(2)69-37-19-17-31-59(69)65-47-55(39-43-71(65)83)85(53-27-13-7-14-28-53)57-41-45-73-67(49-57)61-33-21-35-63-77-76(52-25-11-6-12-26-52)82-78(75(51-23-9-5-10-24-51)81(77)87(73)79(61)63)64-36-22-34-62-68-50-58(42-46-74(68)88(82)80(62)64)86(54-29-15-8-16-30-54)56-40-44-72-66(48-56)60-32-18-20-38-70(60)84(72,3)4/h5-50H,1-4H3. The molecule has 4 aromatic heterocycles. The summed E-state index contributed by atoms with van der Waals surface area (Å²) in [5.74, 6) is 0. The number of fused-ring (bicyclic) bond motifs is 18. The van der Waals surface area contributed by atoms with Crippen LogP contribution >= 0.6 is 0 Å². The largest absolute Gasteiger partial charge is 0.310 e. The van der Waals surface area contributed by atoms with Crippen LogP contribution in [0.15, 0.2) is 279 Å². The van der Waals surface area contributed by atoms with E-state index in [-0.39, 0.29) is 10.8 Å². The van der Waals surface area contributed by atoms with E-state index in [0.717, 1.165) is 34.1 Å². The summed E-state index contributed by atoms with van der Waals surface area (Å²) in [7, 11) is 0. The molecule has 2 aliphatic carbocycles. The Kier molecular flexibility index (Phi) is 9.99. The van der Waals surface area contributed by atoms with Gasteiger partial charge in [-0.3, -0.25) is 0 Å². The number of para-hydroxylation sites is 4. The molecule has 0 fully saturated rings. The number of aromatic nitrogens is 2. The van der Waals surface area contributed by atoms with E-state index in [1.54, 1.807) is 0 Å². The summed E-state index contributed by atoms with van der Waals surface area (Å²) in [6.07, 6.45) is 0. The number of anilines is 6. The van der Waals surface area contributed by atoms with Crippen molar-refractivity contribution in [3.05, 3.63) is 301 Å². The lowest BCUT2D eigenvalue weighted by atomic mass is 9.82. The van der Waals surface area contributed by atoms with E-state index in [9.17, 15) is 0 Å². The van der Waals surface area contributed by atoms with Crippen LogP contribution in [0.4, 0.5) is 34.1 Å². The predicted molar refractivity (Wildman–Crippen MR) is 371 cm³/mol. The summed E-state index contributed by atoms with van der Waals surface area (Å²) >= 11 is 0. The molecule has 19 rings (SSSR count). The second-order valence-electron chi connectivity index (χ2n) is 25.5. The Morgan fingerprint density at radius 3 is 1.01 bits per heavy atom. The highest BCUT2D eigenvalue weighted by atomic mass is 15.1. The van der Waals surface area contributed by atoms with Crippen molar-refractivity contribution in [2.45, 2.75) is 38.5 Å². The molecule has 0 spiro atoms. The Balaban J connectivity index is 0.876. The van der Waals surface area contributed by atoms with Crippen molar-refractivity contribution in [2.24, 2.45) is 0 Å². The third kappa shape index (κ3) is 6.53. The predicted octanol–water partition coefficient (Wildman–Crippen LogP) is 22.9. The summed E-state index contributed by atoms with van der Waals surface area (Å²) in [4.78, 5) is 4.90. The van der Waals surface area contributed by atoms with Gasteiger partial charge in [0.05, 0.1) is 33.1 Å². The highest BCUT2D eigenvalue weighted by Gasteiger charge is 2.38. The van der Waals surface area contributed by atoms with Crippen LogP contribution < -0.4 is 9.80 Å². The molecule has 0 atom stereocenters. The zero-order chi connectivity index (χ0) is 58.3. The van der Waals surface area contributed by atoms with E-state index in [1.165, 1.54) is 143 Å². The molecule has 0 radical (unpaired) electrons. The first kappa shape index (κ1) is 49.3. The molecule has 4 nitrogen and oxygen atoms in total. The van der Waals surface area contributed by atoms with Gasteiger partial charge in [0.25, 0.3) is 0 Å². The number of hydrogen-bond acceptors (Lipinski definition) is 2. The fraction of sp³-hybridized carbons (Fsp3) is 0.0714. The van der Waals surface area contributed by atoms with Crippen molar-refractivity contribution in [3.63, 3.8) is 0 Å². The first-order valence-corrected chi connectivity index (χ1v) is 30.9. The molecule has 13 aromatic carbocycles. The maximum atomic E-state index is 2.63. The van der Waals surface area contributed by atoms with Gasteiger partial charge >= 0.3 is 0 Å². The molecule has 4 heterocycles. The minimum atomic E-state index is -0.0840. The van der Waals surface area contributed by atoms with Crippen LogP contribution in [0.5, 0.6) is 0 Å². The highest BCUT2D eigenvalue weighted by molar-refractivity contribution is 6.38. The van der Waals surface area contributed by atoms with Crippen LogP contribution in [-0.2, 0) is 10.8 Å². The van der Waals surface area contributed by atoms with Crippen molar-refractivity contribution in [1.82, 2.24) is 8.80 Å². The van der Waals surface area contributed by atoms with E-state index in [1.807, 2.05) is 0 Å². The van der Waals surface area contributed by atoms with Crippen LogP contribution in [0.3, 0.4) is 0 Å². The Morgan fingerprint density at radius 2 is 0.591 bits per heavy atom. The van der Waals surface area contributed by atoms with E-state index < -0.39 is 0 Å². The monoisotopic (exact) mass is 1120 g/mol. The van der Waals surface area contributed by atoms with Gasteiger partial charge < -0.3 is 18.6 Å². The van der Waals surface area contributed by atoms with Crippen molar-refractivity contribution in [2.75, 3.05) is 9.80 Å². The molecule has 0 unspecified atom stereocenters. The zero-order valence-electron chi connectivity index (χ0n) is 49.3. The fourth-order valence-electron chi connectivity index (χ4n) is 16.5. The third-order valence-electron chi connectivity index (χ3n) is 20.3. The van der Waals surface area contributed by atoms with Crippen molar-refractivity contribution in [1.29, 1.82) is 0 Å². The van der Waals surface area contributed by atoms with E-state index in [0.29, 0.717) is 0 Å². The summed E-state index contributed by atoms with van der Waals surface area (Å²) in [6.45, 7) is 9.44. The molecule has 0 amide bonds. The number of rotatable bonds is 8. The topological polar surface area (TPSA) is 15.3 Å². The summed E-state index contributed by atoms with van der Waals surface area (Å²) < 4.78 is 5.26. The van der Waals surface area contributed by atoms with Gasteiger partial charge in [0.15, 0.2) is 0 Å². The Hall–Kier alpha value is -10.9. The van der Waals surface area contributed by atoms with Crippen LogP contribution in [0, 0.1) is 0 Å². The van der Waals surface area contributed by atoms with Gasteiger partial charge in [0.2, 0.25) is 0 Å². The number of hydrogen-bond donors (Lipinski definition) is 0. The van der Waals surface area contributed by atoms with Gasteiger partial charge in [0.1, 0.15) is 0 Å². The molecule has 88 heavy (non-hydrogen) atoms. The minimum Gasteiger partial charge on any atom is -0.310 e. The van der Waals surface area contributed by atoms with Gasteiger partial charge in [-0.15, -0.1) is 0 Å². The average Bonchev–Trinajstić information content (AvgIpc) is 1.50. The SMILES string of the molecule is CC1(C)c2ccccc2-c2cc(N(c3ccccc3)c3ccc4c(c3)c3cccc5c6c(-c7ccccc7)c7c(c(-c8ccccc8)c6n4c35)c3cccc4c5cc(N(c6ccccc6)c6ccc8c(c6)-c6ccccc6C8(C)C)ccc5n7c43)ccc21. The minimum absolute atomic E-state index is 0.0840. The zero-order valence-corrected chi connectivity index (χ0v) is 49.3. The van der Waals surface area contributed by atoms with Gasteiger partial charge in [-0.25, -0.2) is 0 Å². The van der Waals surface area contributed by atoms with E-state index in [4.69, 9.17) is 0 Å². The van der Waals surface area contributed by atoms with Crippen molar-refractivity contribution < 1.29 is 0 Å². The van der Waals surface area contributed by atoms with Crippen molar-refractivity contribution >= 4 is 110 Å². The van der Waals surface area contributed by atoms with Gasteiger partial charge in [0, 0.05) is 99.2 Å². The normalized spacial score (nSPS) is 13.9. The van der Waals surface area contributed by atoms with Crippen LogP contribution in [0.2, 0.25) is 0 Å². The lowest BCUT2D eigenvalue weighted by Crippen LogP contribution is -2.15. The first-order chi connectivity index (χ1) is 43.2. The summed E-state index contributed by atoms with van der Waals surface area (Å²) in [5.41, 5.74) is 29.5. The quantitative estimate of drug-likeness (QED) is 0.151. The molecule has 2 aliphatic rings. The summed E-state index contributed by atoms with van der Waals surface area (Å²) in [5, 5.41) is 9.94. The molecule has 4 heteroatoms. The molecule has 414 valence electrons. The second-order valence-corrected chi connectivity index (χ2v) is 25.5. The Morgan fingerprint density at radius 1 is 0.250 bits per heavy atom. The smallest absolute Gasteiger partial charge is 0.0634 e.